The normalized spacial score (nSPS) is 11.5. The van der Waals surface area contributed by atoms with E-state index in [-0.39, 0.29) is 18.0 Å². The fourth-order valence-corrected chi connectivity index (χ4v) is 7.55. The zero-order valence-electron chi connectivity index (χ0n) is 41.6. The lowest BCUT2D eigenvalue weighted by Gasteiger charge is -2.31. The molecule has 0 rings (SSSR count). The van der Waals surface area contributed by atoms with Crippen LogP contribution in [-0.2, 0) is 0 Å². The van der Waals surface area contributed by atoms with Crippen molar-refractivity contribution in [1.29, 1.82) is 21.6 Å². The Morgan fingerprint density at radius 3 is 0.844 bits per heavy atom. The van der Waals surface area contributed by atoms with Crippen LogP contribution in [0.5, 0.6) is 0 Å². The molecule has 0 radical (unpaired) electrons. The highest BCUT2D eigenvalue weighted by atomic mass is 16.2. The van der Waals surface area contributed by atoms with E-state index < -0.39 is 0 Å². The van der Waals surface area contributed by atoms with Crippen LogP contribution in [0, 0.1) is 21.6 Å². The molecule has 0 aromatic heterocycles. The molecule has 0 saturated carbocycles. The van der Waals surface area contributed by atoms with Gasteiger partial charge < -0.3 is 53.2 Å². The first kappa shape index (κ1) is 59.8. The summed E-state index contributed by atoms with van der Waals surface area (Å²) in [4.78, 5) is 18.8. The number of carbonyl (C=O) groups excluding carboxylic acids is 1. The van der Waals surface area contributed by atoms with Gasteiger partial charge in [-0.25, -0.2) is 4.79 Å². The Hall–Kier alpha value is -4.17. The minimum Gasteiger partial charge on any atom is -0.370 e. The first-order valence-corrected chi connectivity index (χ1v) is 25.6. The number of hydrogen-bond donors (Lipinski definition) is 12. The standard InChI is InChI=1S/C49H100N14O/c1-5-43(3)60-47(54)58-37-29-21-13-9-17-25-33-41-62(39-31-23-15-7-11-19-27-35-56-45(50)51)49(64)63(40-32-24-16-8-12-20-28-36-57-46(52)53)42-34-26-18-10-14-22-30-38-59-48(55)61-44(4)6-2/h5-6H,7-42H2,1-4H3,(H4,50,51,56)(H4,52,53,57)(H3,54,58,60)(H3,55,59,61). The predicted octanol–water partition coefficient (Wildman–Crippen LogP) is 9.67. The lowest BCUT2D eigenvalue weighted by molar-refractivity contribution is 0.148. The van der Waals surface area contributed by atoms with Gasteiger partial charge in [0.15, 0.2) is 23.8 Å². The highest BCUT2D eigenvalue weighted by Crippen LogP contribution is 2.15. The third-order valence-electron chi connectivity index (χ3n) is 11.7. The van der Waals surface area contributed by atoms with E-state index in [1.54, 1.807) is 0 Å². The van der Waals surface area contributed by atoms with E-state index in [1.807, 2.05) is 39.8 Å². The zero-order valence-corrected chi connectivity index (χ0v) is 41.6. The number of nitrogens with zero attached hydrogens (tertiary/aromatic N) is 2. The molecule has 64 heavy (non-hydrogen) atoms. The maximum absolute atomic E-state index is 14.4. The number of urea groups is 1. The first-order valence-electron chi connectivity index (χ1n) is 25.6. The van der Waals surface area contributed by atoms with Gasteiger partial charge in [0.1, 0.15) is 0 Å². The Morgan fingerprint density at radius 1 is 0.391 bits per heavy atom. The van der Waals surface area contributed by atoms with Gasteiger partial charge in [-0.2, -0.15) is 0 Å². The number of rotatable bonds is 42. The van der Waals surface area contributed by atoms with Crippen molar-refractivity contribution in [2.45, 2.75) is 207 Å². The van der Waals surface area contributed by atoms with Gasteiger partial charge in [-0.3, -0.25) is 21.6 Å². The smallest absolute Gasteiger partial charge is 0.319 e. The Morgan fingerprint density at radius 2 is 0.609 bits per heavy atom. The number of hydrogen-bond acceptors (Lipinski definition) is 5. The summed E-state index contributed by atoms with van der Waals surface area (Å²) < 4.78 is 0. The summed E-state index contributed by atoms with van der Waals surface area (Å²) in [6.45, 7) is 14.4. The van der Waals surface area contributed by atoms with Crippen LogP contribution < -0.4 is 43.4 Å². The van der Waals surface area contributed by atoms with Crippen molar-refractivity contribution < 1.29 is 4.79 Å². The van der Waals surface area contributed by atoms with E-state index in [2.05, 4.69) is 41.7 Å². The first-order chi connectivity index (χ1) is 31.0. The van der Waals surface area contributed by atoms with Crippen LogP contribution in [0.3, 0.4) is 0 Å². The third kappa shape index (κ3) is 40.6. The lowest BCUT2D eigenvalue weighted by atomic mass is 10.1. The van der Waals surface area contributed by atoms with Crippen LogP contribution in [0.25, 0.3) is 0 Å². The molecule has 0 aromatic carbocycles. The topological polar surface area (TPSA) is 243 Å². The predicted molar refractivity (Wildman–Crippen MR) is 274 cm³/mol. The Balaban J connectivity index is 5.10. The summed E-state index contributed by atoms with van der Waals surface area (Å²) in [5.41, 5.74) is 12.8. The van der Waals surface area contributed by atoms with Crippen molar-refractivity contribution in [3.05, 3.63) is 23.5 Å². The second kappa shape index (κ2) is 44.1. The van der Waals surface area contributed by atoms with E-state index in [9.17, 15) is 4.79 Å². The minimum atomic E-state index is 0.0471. The van der Waals surface area contributed by atoms with Crippen LogP contribution in [0.15, 0.2) is 23.5 Å². The van der Waals surface area contributed by atoms with Gasteiger partial charge in [0, 0.05) is 63.8 Å². The summed E-state index contributed by atoms with van der Waals surface area (Å²) >= 11 is 0. The molecule has 0 spiro atoms. The molecular weight excluding hydrogens is 801 g/mol. The molecule has 0 atom stereocenters. The van der Waals surface area contributed by atoms with Gasteiger partial charge in [-0.15, -0.1) is 0 Å². The van der Waals surface area contributed by atoms with E-state index in [0.717, 1.165) is 166 Å². The number of nitrogens with two attached hydrogens (primary N) is 2. The largest absolute Gasteiger partial charge is 0.370 e. The molecule has 0 fully saturated rings. The average molecular weight is 901 g/mol. The second-order valence-electron chi connectivity index (χ2n) is 17.6. The molecule has 0 aromatic rings. The van der Waals surface area contributed by atoms with Crippen LogP contribution >= 0.6 is 0 Å². The van der Waals surface area contributed by atoms with Gasteiger partial charge in [0.05, 0.1) is 0 Å². The fourth-order valence-electron chi connectivity index (χ4n) is 7.55. The number of unbranched alkanes of at least 4 members (excludes halogenated alkanes) is 24. The molecule has 0 bridgehead atoms. The molecule has 0 aliphatic carbocycles. The summed E-state index contributed by atoms with van der Waals surface area (Å²) in [6.07, 6.45) is 35.9. The molecule has 15 heteroatoms. The monoisotopic (exact) mass is 901 g/mol. The van der Waals surface area contributed by atoms with Gasteiger partial charge in [-0.1, -0.05) is 141 Å². The van der Waals surface area contributed by atoms with Gasteiger partial charge in [0.25, 0.3) is 0 Å². The number of carbonyl (C=O) groups is 1. The van der Waals surface area contributed by atoms with Crippen molar-refractivity contribution in [3.8, 4) is 0 Å². The molecule has 0 saturated heterocycles. The Kier molecular flexibility index (Phi) is 41.2. The SMILES string of the molecule is CC=C(C)NC(=N)NCCCCCCCCCN(CCCCCCCCCNC(=N)N)C(=O)N(CCCCCCCCCNC(=N)N)CCCCCCCCCNC(=N)NC(C)=CC. The lowest BCUT2D eigenvalue weighted by Crippen LogP contribution is -2.45. The number of allylic oxidation sites excluding steroid dienone is 4. The Labute approximate surface area is 391 Å². The van der Waals surface area contributed by atoms with Crippen molar-refractivity contribution in [3.63, 3.8) is 0 Å². The summed E-state index contributed by atoms with van der Waals surface area (Å²) in [7, 11) is 0. The molecule has 0 aliphatic heterocycles. The maximum Gasteiger partial charge on any atom is 0.319 e. The van der Waals surface area contributed by atoms with Crippen molar-refractivity contribution >= 4 is 29.9 Å². The molecule has 0 aliphatic rings. The number of guanidine groups is 4. The maximum atomic E-state index is 14.4. The van der Waals surface area contributed by atoms with Crippen LogP contribution in [-0.4, -0.2) is 92.0 Å². The third-order valence-corrected chi connectivity index (χ3v) is 11.7. The molecule has 15 nitrogen and oxygen atoms in total. The molecule has 0 unspecified atom stereocenters. The zero-order chi connectivity index (χ0) is 47.3. The van der Waals surface area contributed by atoms with Crippen LogP contribution in [0.4, 0.5) is 4.79 Å². The summed E-state index contributed by atoms with van der Waals surface area (Å²) in [5.74, 6) is 0.826. The number of nitrogens with one attached hydrogen (secondary N) is 10. The fraction of sp³-hybridized carbons (Fsp3) is 0.816. The van der Waals surface area contributed by atoms with Gasteiger partial charge >= 0.3 is 6.03 Å². The van der Waals surface area contributed by atoms with Gasteiger partial charge in [-0.05, 0) is 79.1 Å². The number of amides is 2. The molecule has 2 amide bonds. The van der Waals surface area contributed by atoms with Crippen molar-refractivity contribution in [2.24, 2.45) is 11.5 Å². The molecular formula is C49H100N14O. The summed E-state index contributed by atoms with van der Waals surface area (Å²) in [6, 6.07) is 0.241. The summed E-state index contributed by atoms with van der Waals surface area (Å²) in [5, 5.41) is 48.8. The molecule has 372 valence electrons. The highest BCUT2D eigenvalue weighted by Gasteiger charge is 2.20. The van der Waals surface area contributed by atoms with E-state index in [0.29, 0.717) is 11.9 Å². The second-order valence-corrected chi connectivity index (χ2v) is 17.6. The molecule has 14 N–H and O–H groups in total. The minimum absolute atomic E-state index is 0.0471. The quantitative estimate of drug-likeness (QED) is 0.0158. The van der Waals surface area contributed by atoms with Crippen molar-refractivity contribution in [2.75, 3.05) is 52.4 Å². The Bertz CT molecular complexity index is 1160. The van der Waals surface area contributed by atoms with E-state index >= 15 is 0 Å². The van der Waals surface area contributed by atoms with Crippen LogP contribution in [0.2, 0.25) is 0 Å². The average Bonchev–Trinajstić information content (AvgIpc) is 3.26. The highest BCUT2D eigenvalue weighted by molar-refractivity contribution is 5.78. The van der Waals surface area contributed by atoms with E-state index in [4.69, 9.17) is 33.1 Å². The van der Waals surface area contributed by atoms with E-state index in [1.165, 1.54) is 77.0 Å². The van der Waals surface area contributed by atoms with Crippen LogP contribution in [0.1, 0.15) is 207 Å². The van der Waals surface area contributed by atoms with Crippen molar-refractivity contribution in [1.82, 2.24) is 41.7 Å². The van der Waals surface area contributed by atoms with Gasteiger partial charge in [0.2, 0.25) is 0 Å². The molecule has 0 heterocycles.